The van der Waals surface area contributed by atoms with Crippen molar-refractivity contribution >= 4 is 0 Å². The van der Waals surface area contributed by atoms with Crippen LogP contribution in [0.3, 0.4) is 0 Å². The number of hydrogen-bond donors (Lipinski definition) is 1. The molecular weight excluding hydrogens is 250 g/mol. The maximum atomic E-state index is 5.68. The van der Waals surface area contributed by atoms with Crippen LogP contribution in [0, 0.1) is 5.92 Å². The molecule has 2 rings (SSSR count). The van der Waals surface area contributed by atoms with Crippen molar-refractivity contribution in [2.45, 2.75) is 45.7 Å². The molecule has 2 unspecified atom stereocenters. The van der Waals surface area contributed by atoms with Crippen LogP contribution in [0.2, 0.25) is 0 Å². The Morgan fingerprint density at radius 3 is 2.40 bits per heavy atom. The SMILES string of the molecule is CCCNC1COCC1CN1CCN(C(C)(C)C)CC1. The van der Waals surface area contributed by atoms with Gasteiger partial charge in [0.2, 0.25) is 0 Å². The van der Waals surface area contributed by atoms with E-state index in [0.29, 0.717) is 17.5 Å². The molecule has 118 valence electrons. The van der Waals surface area contributed by atoms with Gasteiger partial charge < -0.3 is 15.0 Å². The number of nitrogens with one attached hydrogen (secondary N) is 1. The van der Waals surface area contributed by atoms with Gasteiger partial charge in [0.25, 0.3) is 0 Å². The van der Waals surface area contributed by atoms with Crippen molar-refractivity contribution in [3.63, 3.8) is 0 Å². The van der Waals surface area contributed by atoms with Crippen LogP contribution in [0.15, 0.2) is 0 Å². The molecule has 0 spiro atoms. The average Bonchev–Trinajstić information content (AvgIpc) is 2.83. The van der Waals surface area contributed by atoms with Gasteiger partial charge in [-0.3, -0.25) is 4.90 Å². The molecule has 0 aliphatic carbocycles. The number of rotatable bonds is 5. The molecule has 4 nitrogen and oxygen atoms in total. The molecule has 0 radical (unpaired) electrons. The fraction of sp³-hybridized carbons (Fsp3) is 1.00. The summed E-state index contributed by atoms with van der Waals surface area (Å²) >= 11 is 0. The summed E-state index contributed by atoms with van der Waals surface area (Å²) in [6, 6.07) is 0.565. The highest BCUT2D eigenvalue weighted by atomic mass is 16.5. The van der Waals surface area contributed by atoms with E-state index >= 15 is 0 Å². The van der Waals surface area contributed by atoms with E-state index in [0.717, 1.165) is 19.8 Å². The Morgan fingerprint density at radius 2 is 1.80 bits per heavy atom. The van der Waals surface area contributed by atoms with E-state index in [-0.39, 0.29) is 0 Å². The Morgan fingerprint density at radius 1 is 1.10 bits per heavy atom. The molecule has 2 atom stereocenters. The standard InChI is InChI=1S/C16H33N3O/c1-5-6-17-15-13-20-12-14(15)11-18-7-9-19(10-8-18)16(2,3)4/h14-15,17H,5-13H2,1-4H3. The molecule has 0 aromatic heterocycles. The average molecular weight is 283 g/mol. The maximum absolute atomic E-state index is 5.68. The van der Waals surface area contributed by atoms with E-state index in [9.17, 15) is 0 Å². The van der Waals surface area contributed by atoms with Crippen LogP contribution in [0.4, 0.5) is 0 Å². The lowest BCUT2D eigenvalue weighted by Gasteiger charge is -2.43. The molecule has 2 saturated heterocycles. The summed E-state index contributed by atoms with van der Waals surface area (Å²) in [6.07, 6.45) is 1.20. The molecule has 0 aromatic rings. The zero-order valence-corrected chi connectivity index (χ0v) is 13.8. The summed E-state index contributed by atoms with van der Waals surface area (Å²) in [5, 5.41) is 3.64. The summed E-state index contributed by atoms with van der Waals surface area (Å²) in [7, 11) is 0. The normalized spacial score (nSPS) is 30.0. The smallest absolute Gasteiger partial charge is 0.0623 e. The van der Waals surface area contributed by atoms with Crippen LogP contribution < -0.4 is 5.32 Å². The number of nitrogens with zero attached hydrogens (tertiary/aromatic N) is 2. The van der Waals surface area contributed by atoms with Crippen molar-refractivity contribution in [2.75, 3.05) is 52.5 Å². The highest BCUT2D eigenvalue weighted by Gasteiger charge is 2.31. The van der Waals surface area contributed by atoms with Gasteiger partial charge in [0.15, 0.2) is 0 Å². The van der Waals surface area contributed by atoms with Gasteiger partial charge in [-0.15, -0.1) is 0 Å². The Labute approximate surface area is 124 Å². The summed E-state index contributed by atoms with van der Waals surface area (Å²) in [5.41, 5.74) is 0.313. The van der Waals surface area contributed by atoms with Gasteiger partial charge in [0, 0.05) is 50.2 Å². The first-order valence-electron chi connectivity index (χ1n) is 8.29. The van der Waals surface area contributed by atoms with Crippen LogP contribution in [0.5, 0.6) is 0 Å². The quantitative estimate of drug-likeness (QED) is 0.826. The number of piperazine rings is 1. The largest absolute Gasteiger partial charge is 0.379 e. The molecule has 2 fully saturated rings. The molecule has 2 aliphatic heterocycles. The molecule has 0 bridgehead atoms. The minimum Gasteiger partial charge on any atom is -0.379 e. The Kier molecular flexibility index (Phi) is 5.84. The van der Waals surface area contributed by atoms with Crippen LogP contribution in [0.1, 0.15) is 34.1 Å². The zero-order chi connectivity index (χ0) is 14.6. The molecule has 0 saturated carbocycles. The molecule has 2 heterocycles. The van der Waals surface area contributed by atoms with Gasteiger partial charge in [0.1, 0.15) is 0 Å². The van der Waals surface area contributed by atoms with Gasteiger partial charge in [0.05, 0.1) is 13.2 Å². The van der Waals surface area contributed by atoms with Crippen molar-refractivity contribution in [1.82, 2.24) is 15.1 Å². The summed E-state index contributed by atoms with van der Waals surface area (Å²) in [6.45, 7) is 18.1. The third-order valence-electron chi connectivity index (χ3n) is 4.67. The van der Waals surface area contributed by atoms with Crippen molar-refractivity contribution < 1.29 is 4.74 Å². The van der Waals surface area contributed by atoms with Crippen molar-refractivity contribution in [1.29, 1.82) is 0 Å². The predicted molar refractivity (Wildman–Crippen MR) is 84.2 cm³/mol. The second-order valence-electron chi connectivity index (χ2n) is 7.32. The van der Waals surface area contributed by atoms with Gasteiger partial charge in [-0.25, -0.2) is 0 Å². The van der Waals surface area contributed by atoms with Crippen LogP contribution in [-0.4, -0.2) is 73.9 Å². The van der Waals surface area contributed by atoms with Gasteiger partial charge >= 0.3 is 0 Å². The molecular formula is C16H33N3O. The van der Waals surface area contributed by atoms with Gasteiger partial charge in [-0.1, -0.05) is 6.92 Å². The summed E-state index contributed by atoms with van der Waals surface area (Å²) in [4.78, 5) is 5.23. The Hall–Kier alpha value is -0.160. The van der Waals surface area contributed by atoms with E-state index in [1.54, 1.807) is 0 Å². The maximum Gasteiger partial charge on any atom is 0.0623 e. The fourth-order valence-corrected chi connectivity index (χ4v) is 3.27. The topological polar surface area (TPSA) is 27.7 Å². The van der Waals surface area contributed by atoms with Crippen molar-refractivity contribution in [3.8, 4) is 0 Å². The first-order chi connectivity index (χ1) is 9.50. The number of ether oxygens (including phenoxy) is 1. The third kappa shape index (κ3) is 4.42. The number of hydrogen-bond acceptors (Lipinski definition) is 4. The summed E-state index contributed by atoms with van der Waals surface area (Å²) < 4.78 is 5.68. The van der Waals surface area contributed by atoms with E-state index in [1.165, 1.54) is 39.1 Å². The van der Waals surface area contributed by atoms with E-state index in [1.807, 2.05) is 0 Å². The Balaban J connectivity index is 1.74. The van der Waals surface area contributed by atoms with Crippen LogP contribution in [0.25, 0.3) is 0 Å². The molecule has 0 amide bonds. The van der Waals surface area contributed by atoms with Crippen LogP contribution in [-0.2, 0) is 4.74 Å². The highest BCUT2D eigenvalue weighted by Crippen LogP contribution is 2.19. The lowest BCUT2D eigenvalue weighted by Crippen LogP contribution is -2.55. The second-order valence-corrected chi connectivity index (χ2v) is 7.32. The molecule has 2 aliphatic rings. The summed E-state index contributed by atoms with van der Waals surface area (Å²) in [5.74, 6) is 0.669. The van der Waals surface area contributed by atoms with Crippen molar-refractivity contribution in [2.24, 2.45) is 5.92 Å². The van der Waals surface area contributed by atoms with Gasteiger partial charge in [-0.2, -0.15) is 0 Å². The third-order valence-corrected chi connectivity index (χ3v) is 4.67. The van der Waals surface area contributed by atoms with E-state index in [2.05, 4.69) is 42.8 Å². The molecule has 0 aromatic carbocycles. The molecule has 1 N–H and O–H groups in total. The minimum atomic E-state index is 0.313. The van der Waals surface area contributed by atoms with Crippen LogP contribution >= 0.6 is 0 Å². The van der Waals surface area contributed by atoms with E-state index < -0.39 is 0 Å². The second kappa shape index (κ2) is 7.21. The highest BCUT2D eigenvalue weighted by molar-refractivity contribution is 4.87. The molecule has 4 heteroatoms. The lowest BCUT2D eigenvalue weighted by atomic mass is 10.0. The Bertz CT molecular complexity index is 282. The monoisotopic (exact) mass is 283 g/mol. The van der Waals surface area contributed by atoms with Crippen molar-refractivity contribution in [3.05, 3.63) is 0 Å². The van der Waals surface area contributed by atoms with Gasteiger partial charge in [-0.05, 0) is 33.7 Å². The lowest BCUT2D eigenvalue weighted by molar-refractivity contribution is 0.0527. The zero-order valence-electron chi connectivity index (χ0n) is 13.8. The predicted octanol–water partition coefficient (Wildman–Crippen LogP) is 1.42. The first kappa shape index (κ1) is 16.2. The molecule has 20 heavy (non-hydrogen) atoms. The van der Waals surface area contributed by atoms with E-state index in [4.69, 9.17) is 4.74 Å². The first-order valence-corrected chi connectivity index (χ1v) is 8.29. The minimum absolute atomic E-state index is 0.313. The fourth-order valence-electron chi connectivity index (χ4n) is 3.27.